The summed E-state index contributed by atoms with van der Waals surface area (Å²) in [5.41, 5.74) is 1.36. The van der Waals surface area contributed by atoms with Gasteiger partial charge in [0.15, 0.2) is 0 Å². The summed E-state index contributed by atoms with van der Waals surface area (Å²) in [5.74, 6) is 0.626. The van der Waals surface area contributed by atoms with Crippen molar-refractivity contribution in [2.45, 2.75) is 44.9 Å². The van der Waals surface area contributed by atoms with Crippen molar-refractivity contribution in [2.75, 3.05) is 32.9 Å². The highest BCUT2D eigenvalue weighted by Crippen LogP contribution is 2.22. The van der Waals surface area contributed by atoms with Crippen LogP contribution in [0.15, 0.2) is 30.3 Å². The molecule has 25 heavy (non-hydrogen) atoms. The molecule has 0 saturated carbocycles. The summed E-state index contributed by atoms with van der Waals surface area (Å²) in [6.07, 6.45) is 2.81. The maximum absolute atomic E-state index is 12.4. The lowest BCUT2D eigenvalue weighted by atomic mass is 9.92. The molecular formula is C20H30N2O3. The number of carbonyl (C=O) groups excluding carboxylic acids is 1. The van der Waals surface area contributed by atoms with Gasteiger partial charge in [-0.1, -0.05) is 30.3 Å². The Morgan fingerprint density at radius 2 is 2.00 bits per heavy atom. The molecule has 5 nitrogen and oxygen atoms in total. The van der Waals surface area contributed by atoms with Gasteiger partial charge >= 0.3 is 0 Å². The van der Waals surface area contributed by atoms with Gasteiger partial charge in [-0.2, -0.15) is 0 Å². The lowest BCUT2D eigenvalue weighted by Gasteiger charge is -2.32. The van der Waals surface area contributed by atoms with E-state index in [4.69, 9.17) is 9.47 Å². The first-order chi connectivity index (χ1) is 12.2. The van der Waals surface area contributed by atoms with Crippen LogP contribution in [0.2, 0.25) is 0 Å². The number of hydrogen-bond acceptors (Lipinski definition) is 4. The molecule has 0 spiro atoms. The molecule has 1 aromatic carbocycles. The summed E-state index contributed by atoms with van der Waals surface area (Å²) in [7, 11) is 0. The van der Waals surface area contributed by atoms with Crippen LogP contribution >= 0.6 is 0 Å². The van der Waals surface area contributed by atoms with E-state index >= 15 is 0 Å². The average molecular weight is 346 g/mol. The first kappa shape index (κ1) is 18.4. The van der Waals surface area contributed by atoms with E-state index in [1.807, 2.05) is 6.92 Å². The number of nitrogens with zero attached hydrogens (tertiary/aromatic N) is 1. The monoisotopic (exact) mass is 346 g/mol. The van der Waals surface area contributed by atoms with Crippen LogP contribution in [0.3, 0.4) is 0 Å². The lowest BCUT2D eigenvalue weighted by molar-refractivity contribution is -0.123. The second kappa shape index (κ2) is 9.32. The zero-order chi connectivity index (χ0) is 17.5. The molecule has 1 aromatic rings. The summed E-state index contributed by atoms with van der Waals surface area (Å²) >= 11 is 0. The zero-order valence-electron chi connectivity index (χ0n) is 15.2. The molecule has 3 rings (SSSR count). The van der Waals surface area contributed by atoms with E-state index in [1.165, 1.54) is 5.56 Å². The third-order valence-electron chi connectivity index (χ3n) is 5.19. The predicted octanol–water partition coefficient (Wildman–Crippen LogP) is 2.21. The Bertz CT molecular complexity index is 529. The first-order valence-electron chi connectivity index (χ1n) is 9.49. The summed E-state index contributed by atoms with van der Waals surface area (Å²) in [6.45, 7) is 6.92. The van der Waals surface area contributed by atoms with E-state index in [2.05, 4.69) is 40.5 Å². The van der Waals surface area contributed by atoms with Crippen molar-refractivity contribution in [1.29, 1.82) is 0 Å². The molecule has 1 amide bonds. The topological polar surface area (TPSA) is 50.8 Å². The molecule has 2 atom stereocenters. The van der Waals surface area contributed by atoms with E-state index in [1.54, 1.807) is 0 Å². The van der Waals surface area contributed by atoms with Gasteiger partial charge in [0.05, 0.1) is 19.3 Å². The lowest BCUT2D eigenvalue weighted by Crippen LogP contribution is -2.44. The molecule has 0 aliphatic carbocycles. The van der Waals surface area contributed by atoms with Gasteiger partial charge in [0.1, 0.15) is 6.10 Å². The number of rotatable bonds is 7. The quantitative estimate of drug-likeness (QED) is 0.822. The standard InChI is InChI=1S/C20H30N2O3/c1-2-25-19-15-24-14-18(19)21-20(23)12-16-8-10-22(11-9-16)13-17-6-4-3-5-7-17/h3-7,16,18-19H,2,8-15H2,1H3,(H,21,23)/t18-,19-/m1/s1. The van der Waals surface area contributed by atoms with Crippen molar-refractivity contribution < 1.29 is 14.3 Å². The van der Waals surface area contributed by atoms with Crippen molar-refractivity contribution in [3.63, 3.8) is 0 Å². The van der Waals surface area contributed by atoms with Crippen molar-refractivity contribution in [3.05, 3.63) is 35.9 Å². The van der Waals surface area contributed by atoms with Crippen LogP contribution in [0.5, 0.6) is 0 Å². The van der Waals surface area contributed by atoms with Gasteiger partial charge in [-0.25, -0.2) is 0 Å². The second-order valence-corrected chi connectivity index (χ2v) is 7.11. The van der Waals surface area contributed by atoms with Gasteiger partial charge in [-0.3, -0.25) is 9.69 Å². The van der Waals surface area contributed by atoms with Gasteiger partial charge in [0.25, 0.3) is 0 Å². The minimum atomic E-state index is 0.00155. The van der Waals surface area contributed by atoms with Gasteiger partial charge < -0.3 is 14.8 Å². The number of benzene rings is 1. The Labute approximate surface area is 150 Å². The van der Waals surface area contributed by atoms with Crippen LogP contribution in [-0.4, -0.2) is 55.9 Å². The molecule has 138 valence electrons. The summed E-state index contributed by atoms with van der Waals surface area (Å²) in [5, 5.41) is 3.11. The SMILES string of the molecule is CCO[C@@H]1COC[C@H]1NC(=O)CC1CCN(Cc2ccccc2)CC1. The minimum Gasteiger partial charge on any atom is -0.376 e. The zero-order valence-corrected chi connectivity index (χ0v) is 15.2. The normalized spacial score (nSPS) is 25.2. The molecular weight excluding hydrogens is 316 g/mol. The van der Waals surface area contributed by atoms with Crippen LogP contribution in [0.25, 0.3) is 0 Å². The van der Waals surface area contributed by atoms with Gasteiger partial charge in [-0.05, 0) is 44.3 Å². The number of carbonyl (C=O) groups is 1. The van der Waals surface area contributed by atoms with Gasteiger partial charge in [0, 0.05) is 19.6 Å². The van der Waals surface area contributed by atoms with E-state index in [9.17, 15) is 4.79 Å². The van der Waals surface area contributed by atoms with Gasteiger partial charge in [-0.15, -0.1) is 0 Å². The number of piperidine rings is 1. The fourth-order valence-electron chi connectivity index (χ4n) is 3.77. The number of amides is 1. The molecule has 2 aliphatic heterocycles. The average Bonchev–Trinajstić information content (AvgIpc) is 3.05. The Balaban J connectivity index is 1.37. The molecule has 0 bridgehead atoms. The Morgan fingerprint density at radius 3 is 2.72 bits per heavy atom. The predicted molar refractivity (Wildman–Crippen MR) is 97.2 cm³/mol. The number of likely N-dealkylation sites (tertiary alicyclic amines) is 1. The van der Waals surface area contributed by atoms with E-state index in [-0.39, 0.29) is 18.1 Å². The largest absolute Gasteiger partial charge is 0.376 e. The van der Waals surface area contributed by atoms with Crippen LogP contribution in [0.1, 0.15) is 31.7 Å². The minimum absolute atomic E-state index is 0.00155. The highest BCUT2D eigenvalue weighted by molar-refractivity contribution is 5.76. The fraction of sp³-hybridized carbons (Fsp3) is 0.650. The Kier molecular flexibility index (Phi) is 6.84. The summed E-state index contributed by atoms with van der Waals surface area (Å²) in [4.78, 5) is 14.8. The molecule has 2 aliphatic rings. The molecule has 2 heterocycles. The molecule has 0 aromatic heterocycles. The smallest absolute Gasteiger partial charge is 0.220 e. The van der Waals surface area contributed by atoms with Crippen LogP contribution in [0, 0.1) is 5.92 Å². The molecule has 1 N–H and O–H groups in total. The molecule has 0 unspecified atom stereocenters. The number of hydrogen-bond donors (Lipinski definition) is 1. The van der Waals surface area contributed by atoms with E-state index in [0.717, 1.165) is 32.5 Å². The van der Waals surface area contributed by atoms with Crippen molar-refractivity contribution in [3.8, 4) is 0 Å². The molecule has 5 heteroatoms. The Morgan fingerprint density at radius 1 is 1.24 bits per heavy atom. The summed E-state index contributed by atoms with van der Waals surface area (Å²) < 4.78 is 11.1. The molecule has 2 fully saturated rings. The third kappa shape index (κ3) is 5.53. The highest BCUT2D eigenvalue weighted by atomic mass is 16.5. The van der Waals surface area contributed by atoms with Crippen LogP contribution in [-0.2, 0) is 20.8 Å². The summed E-state index contributed by atoms with van der Waals surface area (Å²) in [6, 6.07) is 10.6. The van der Waals surface area contributed by atoms with Crippen molar-refractivity contribution in [1.82, 2.24) is 10.2 Å². The Hall–Kier alpha value is -1.43. The molecule has 2 saturated heterocycles. The first-order valence-corrected chi connectivity index (χ1v) is 9.49. The number of nitrogens with one attached hydrogen (secondary N) is 1. The fourth-order valence-corrected chi connectivity index (χ4v) is 3.77. The number of ether oxygens (including phenoxy) is 2. The van der Waals surface area contributed by atoms with E-state index < -0.39 is 0 Å². The third-order valence-corrected chi connectivity index (χ3v) is 5.19. The maximum Gasteiger partial charge on any atom is 0.220 e. The maximum atomic E-state index is 12.4. The van der Waals surface area contributed by atoms with Crippen LogP contribution in [0.4, 0.5) is 0 Å². The van der Waals surface area contributed by atoms with E-state index in [0.29, 0.717) is 32.2 Å². The van der Waals surface area contributed by atoms with Crippen molar-refractivity contribution >= 4 is 5.91 Å². The second-order valence-electron chi connectivity index (χ2n) is 7.11. The highest BCUT2D eigenvalue weighted by Gasteiger charge is 2.31. The van der Waals surface area contributed by atoms with Gasteiger partial charge in [0.2, 0.25) is 5.91 Å². The van der Waals surface area contributed by atoms with Crippen molar-refractivity contribution in [2.24, 2.45) is 5.92 Å². The molecule has 0 radical (unpaired) electrons. The van der Waals surface area contributed by atoms with Crippen LogP contribution < -0.4 is 5.32 Å².